The minimum absolute atomic E-state index is 0.0456. The monoisotopic (exact) mass is 498 g/mol. The largest absolute Gasteiger partial charge is 0.418 e. The molecule has 0 unspecified atom stereocenters. The molecule has 1 aromatic heterocycles. The SMILES string of the molecule is Cc1ccccc1-n1c(C)cc(C(=O)N2CCN(CC(=O)Nc3ccccc3C(F)(F)F)CC2)c1C. The van der Waals surface area contributed by atoms with Crippen molar-refractivity contribution in [2.45, 2.75) is 26.9 Å². The van der Waals surface area contributed by atoms with Gasteiger partial charge in [-0.15, -0.1) is 0 Å². The zero-order valence-corrected chi connectivity index (χ0v) is 20.5. The molecule has 1 fully saturated rings. The van der Waals surface area contributed by atoms with Gasteiger partial charge < -0.3 is 14.8 Å². The fraction of sp³-hybridized carbons (Fsp3) is 0.333. The van der Waals surface area contributed by atoms with Crippen LogP contribution < -0.4 is 5.32 Å². The van der Waals surface area contributed by atoms with Gasteiger partial charge in [0.1, 0.15) is 0 Å². The maximum atomic E-state index is 13.3. The molecule has 1 N–H and O–H groups in total. The first-order valence-electron chi connectivity index (χ1n) is 11.8. The molecule has 0 spiro atoms. The number of hydrogen-bond donors (Lipinski definition) is 1. The number of nitrogens with zero attached hydrogens (tertiary/aromatic N) is 3. The Balaban J connectivity index is 1.38. The van der Waals surface area contributed by atoms with E-state index in [4.69, 9.17) is 0 Å². The topological polar surface area (TPSA) is 57.6 Å². The van der Waals surface area contributed by atoms with Crippen molar-refractivity contribution in [2.75, 3.05) is 38.0 Å². The maximum Gasteiger partial charge on any atom is 0.418 e. The highest BCUT2D eigenvalue weighted by molar-refractivity contribution is 5.96. The zero-order valence-electron chi connectivity index (χ0n) is 20.5. The summed E-state index contributed by atoms with van der Waals surface area (Å²) in [6.07, 6.45) is -4.55. The van der Waals surface area contributed by atoms with Gasteiger partial charge in [0.2, 0.25) is 5.91 Å². The molecule has 0 saturated carbocycles. The van der Waals surface area contributed by atoms with Gasteiger partial charge >= 0.3 is 6.18 Å². The van der Waals surface area contributed by atoms with E-state index in [9.17, 15) is 22.8 Å². The Kier molecular flexibility index (Phi) is 7.21. The van der Waals surface area contributed by atoms with Crippen molar-refractivity contribution in [3.05, 3.63) is 82.7 Å². The van der Waals surface area contributed by atoms with Gasteiger partial charge in [-0.25, -0.2) is 0 Å². The van der Waals surface area contributed by atoms with E-state index in [2.05, 4.69) is 9.88 Å². The molecular formula is C27H29F3N4O2. The van der Waals surface area contributed by atoms with Crippen LogP contribution in [0.3, 0.4) is 0 Å². The second kappa shape index (κ2) is 10.2. The van der Waals surface area contributed by atoms with E-state index >= 15 is 0 Å². The normalized spacial score (nSPS) is 14.7. The number of anilines is 1. The van der Waals surface area contributed by atoms with E-state index in [0.29, 0.717) is 31.7 Å². The predicted octanol–water partition coefficient (Wildman–Crippen LogP) is 4.82. The van der Waals surface area contributed by atoms with Crippen molar-refractivity contribution in [3.8, 4) is 5.69 Å². The van der Waals surface area contributed by atoms with Gasteiger partial charge in [0.15, 0.2) is 0 Å². The summed E-state index contributed by atoms with van der Waals surface area (Å²) >= 11 is 0. The third kappa shape index (κ3) is 5.31. The van der Waals surface area contributed by atoms with Gasteiger partial charge in [-0.1, -0.05) is 30.3 Å². The molecule has 1 aliphatic rings. The molecule has 0 atom stereocenters. The van der Waals surface area contributed by atoms with Crippen LogP contribution in [-0.4, -0.2) is 58.9 Å². The average molecular weight is 499 g/mol. The summed E-state index contributed by atoms with van der Waals surface area (Å²) in [6.45, 7) is 7.67. The highest BCUT2D eigenvalue weighted by atomic mass is 19.4. The standard InChI is InChI=1S/C27H29F3N4O2/c1-18-8-4-7-11-24(18)34-19(2)16-21(20(34)3)26(36)33-14-12-32(13-15-33)17-25(35)31-23-10-6-5-9-22(23)27(28,29)30/h4-11,16H,12-15,17H2,1-3H3,(H,31,35). The molecule has 0 aliphatic carbocycles. The Morgan fingerprint density at radius 2 is 1.56 bits per heavy atom. The van der Waals surface area contributed by atoms with Crippen LogP contribution in [0.2, 0.25) is 0 Å². The molecule has 1 saturated heterocycles. The smallest absolute Gasteiger partial charge is 0.336 e. The van der Waals surface area contributed by atoms with Gasteiger partial charge in [0, 0.05) is 43.3 Å². The summed E-state index contributed by atoms with van der Waals surface area (Å²) < 4.78 is 41.6. The molecular weight excluding hydrogens is 469 g/mol. The molecule has 190 valence electrons. The minimum Gasteiger partial charge on any atom is -0.336 e. The summed E-state index contributed by atoms with van der Waals surface area (Å²) in [6, 6.07) is 14.8. The number of piperazine rings is 1. The number of alkyl halides is 3. The van der Waals surface area contributed by atoms with Gasteiger partial charge in [-0.05, 0) is 50.6 Å². The van der Waals surface area contributed by atoms with Crippen molar-refractivity contribution in [1.29, 1.82) is 0 Å². The number of halogens is 3. The lowest BCUT2D eigenvalue weighted by atomic mass is 10.1. The molecule has 3 aromatic rings. The third-order valence-corrected chi connectivity index (χ3v) is 6.55. The first-order valence-corrected chi connectivity index (χ1v) is 11.8. The van der Waals surface area contributed by atoms with Crippen LogP contribution in [-0.2, 0) is 11.0 Å². The highest BCUT2D eigenvalue weighted by Crippen LogP contribution is 2.34. The first kappa shape index (κ1) is 25.5. The second-order valence-corrected chi connectivity index (χ2v) is 9.07. The van der Waals surface area contributed by atoms with Gasteiger partial charge in [-0.3, -0.25) is 14.5 Å². The second-order valence-electron chi connectivity index (χ2n) is 9.07. The van der Waals surface area contributed by atoms with E-state index in [0.717, 1.165) is 28.7 Å². The number of nitrogens with one attached hydrogen (secondary N) is 1. The highest BCUT2D eigenvalue weighted by Gasteiger charge is 2.34. The van der Waals surface area contributed by atoms with Crippen LogP contribution in [0.1, 0.15) is 32.9 Å². The van der Waals surface area contributed by atoms with Crippen LogP contribution in [0.4, 0.5) is 18.9 Å². The van der Waals surface area contributed by atoms with E-state index in [-0.39, 0.29) is 18.1 Å². The molecule has 0 radical (unpaired) electrons. The Morgan fingerprint density at radius 3 is 2.22 bits per heavy atom. The molecule has 6 nitrogen and oxygen atoms in total. The van der Waals surface area contributed by atoms with Gasteiger partial charge in [-0.2, -0.15) is 13.2 Å². The Bertz CT molecular complexity index is 1270. The van der Waals surface area contributed by atoms with Crippen molar-refractivity contribution >= 4 is 17.5 Å². The minimum atomic E-state index is -4.55. The van der Waals surface area contributed by atoms with Crippen molar-refractivity contribution < 1.29 is 22.8 Å². The van der Waals surface area contributed by atoms with Crippen LogP contribution in [0.25, 0.3) is 5.69 Å². The number of benzene rings is 2. The Labute approximate surface area is 208 Å². The maximum absolute atomic E-state index is 13.3. The zero-order chi connectivity index (χ0) is 26.0. The molecule has 2 amide bonds. The lowest BCUT2D eigenvalue weighted by Crippen LogP contribution is -2.50. The summed E-state index contributed by atoms with van der Waals surface area (Å²) in [7, 11) is 0. The first-order chi connectivity index (χ1) is 17.1. The van der Waals surface area contributed by atoms with Crippen molar-refractivity contribution in [2.24, 2.45) is 0 Å². The van der Waals surface area contributed by atoms with Crippen LogP contribution in [0.5, 0.6) is 0 Å². The molecule has 2 heterocycles. The summed E-state index contributed by atoms with van der Waals surface area (Å²) in [5.74, 6) is -0.584. The number of aryl methyl sites for hydroxylation is 2. The number of para-hydroxylation sites is 2. The molecule has 9 heteroatoms. The van der Waals surface area contributed by atoms with Crippen molar-refractivity contribution in [1.82, 2.24) is 14.4 Å². The Hall–Kier alpha value is -3.59. The van der Waals surface area contributed by atoms with E-state index in [1.54, 1.807) is 4.90 Å². The number of carbonyl (C=O) groups excluding carboxylic acids is 2. The lowest BCUT2D eigenvalue weighted by Gasteiger charge is -2.34. The molecule has 2 aromatic carbocycles. The number of hydrogen-bond acceptors (Lipinski definition) is 3. The van der Waals surface area contributed by atoms with Gasteiger partial charge in [0.05, 0.1) is 23.4 Å². The Morgan fingerprint density at radius 1 is 0.917 bits per heavy atom. The van der Waals surface area contributed by atoms with E-state index < -0.39 is 17.6 Å². The molecule has 0 bridgehead atoms. The quantitative estimate of drug-likeness (QED) is 0.549. The lowest BCUT2D eigenvalue weighted by molar-refractivity contribution is -0.137. The summed E-state index contributed by atoms with van der Waals surface area (Å²) in [5, 5.41) is 2.38. The summed E-state index contributed by atoms with van der Waals surface area (Å²) in [4.78, 5) is 29.4. The predicted molar refractivity (Wildman–Crippen MR) is 132 cm³/mol. The van der Waals surface area contributed by atoms with Crippen molar-refractivity contribution in [3.63, 3.8) is 0 Å². The van der Waals surface area contributed by atoms with E-state index in [1.807, 2.05) is 56.0 Å². The number of amides is 2. The summed E-state index contributed by atoms with van der Waals surface area (Å²) in [5.41, 5.74) is 3.50. The molecule has 4 rings (SSSR count). The fourth-order valence-electron chi connectivity index (χ4n) is 4.68. The number of carbonyl (C=O) groups is 2. The van der Waals surface area contributed by atoms with Crippen LogP contribution in [0.15, 0.2) is 54.6 Å². The number of rotatable bonds is 5. The van der Waals surface area contributed by atoms with Crippen LogP contribution >= 0.6 is 0 Å². The third-order valence-electron chi connectivity index (χ3n) is 6.55. The van der Waals surface area contributed by atoms with E-state index in [1.165, 1.54) is 18.2 Å². The number of aromatic nitrogens is 1. The molecule has 1 aliphatic heterocycles. The fourth-order valence-corrected chi connectivity index (χ4v) is 4.68. The molecule has 36 heavy (non-hydrogen) atoms. The van der Waals surface area contributed by atoms with Gasteiger partial charge in [0.25, 0.3) is 5.91 Å². The average Bonchev–Trinajstić information content (AvgIpc) is 3.12. The van der Waals surface area contributed by atoms with Crippen LogP contribution in [0, 0.1) is 20.8 Å².